The molecule has 26 heavy (non-hydrogen) atoms. The summed E-state index contributed by atoms with van der Waals surface area (Å²) in [5.41, 5.74) is 1.07. The Kier molecular flexibility index (Phi) is 6.01. The van der Waals surface area contributed by atoms with E-state index in [9.17, 15) is 9.59 Å². The van der Waals surface area contributed by atoms with Gasteiger partial charge in [0.05, 0.1) is 20.1 Å². The van der Waals surface area contributed by atoms with Gasteiger partial charge in [-0.2, -0.15) is 0 Å². The lowest BCUT2D eigenvalue weighted by Gasteiger charge is -2.23. The van der Waals surface area contributed by atoms with Gasteiger partial charge in [-0.15, -0.1) is 0 Å². The van der Waals surface area contributed by atoms with Crippen LogP contribution in [0.4, 0.5) is 0 Å². The van der Waals surface area contributed by atoms with E-state index in [-0.39, 0.29) is 17.7 Å². The average Bonchev–Trinajstić information content (AvgIpc) is 3.30. The zero-order valence-electron chi connectivity index (χ0n) is 15.6. The lowest BCUT2D eigenvalue weighted by Crippen LogP contribution is -2.37. The Morgan fingerprint density at radius 2 is 1.92 bits per heavy atom. The molecule has 2 fully saturated rings. The minimum Gasteiger partial charge on any atom is -0.493 e. The van der Waals surface area contributed by atoms with Gasteiger partial charge in [-0.05, 0) is 37.0 Å². The summed E-state index contributed by atoms with van der Waals surface area (Å²) < 4.78 is 10.5. The fraction of sp³-hybridized carbons (Fsp3) is 0.600. The van der Waals surface area contributed by atoms with Crippen LogP contribution in [0.25, 0.3) is 0 Å². The number of methoxy groups -OCH3 is 2. The number of amides is 2. The van der Waals surface area contributed by atoms with Crippen molar-refractivity contribution in [2.75, 3.05) is 27.3 Å². The van der Waals surface area contributed by atoms with Crippen molar-refractivity contribution in [3.8, 4) is 11.5 Å². The number of hydrogen-bond donors (Lipinski definition) is 1. The first-order valence-corrected chi connectivity index (χ1v) is 9.40. The number of benzene rings is 1. The minimum atomic E-state index is -0.214. The zero-order valence-corrected chi connectivity index (χ0v) is 15.6. The van der Waals surface area contributed by atoms with E-state index in [4.69, 9.17) is 9.47 Å². The molecule has 1 atom stereocenters. The summed E-state index contributed by atoms with van der Waals surface area (Å²) in [4.78, 5) is 26.6. The molecule has 6 heteroatoms. The Bertz CT molecular complexity index is 655. The van der Waals surface area contributed by atoms with Crippen molar-refractivity contribution in [1.82, 2.24) is 10.2 Å². The summed E-state index contributed by atoms with van der Waals surface area (Å²) in [7, 11) is 3.21. The molecule has 6 nitrogen and oxygen atoms in total. The monoisotopic (exact) mass is 360 g/mol. The van der Waals surface area contributed by atoms with Crippen LogP contribution in [0.5, 0.6) is 11.5 Å². The van der Waals surface area contributed by atoms with Gasteiger partial charge in [0, 0.05) is 25.6 Å². The molecule has 1 aliphatic carbocycles. The molecule has 2 amide bonds. The van der Waals surface area contributed by atoms with Crippen LogP contribution in [0.2, 0.25) is 0 Å². The molecular weight excluding hydrogens is 332 g/mol. The van der Waals surface area contributed by atoms with Crippen LogP contribution < -0.4 is 14.8 Å². The van der Waals surface area contributed by atoms with E-state index in [0.717, 1.165) is 18.4 Å². The van der Waals surface area contributed by atoms with Crippen molar-refractivity contribution < 1.29 is 19.1 Å². The smallest absolute Gasteiger partial charge is 0.225 e. The molecule has 1 aromatic rings. The maximum absolute atomic E-state index is 12.4. The summed E-state index contributed by atoms with van der Waals surface area (Å²) >= 11 is 0. The standard InChI is InChI=1S/C20H28N2O4/c1-25-17-8-7-14(11-18(17)26-2)9-10-21-20(24)15-12-19(23)22(13-15)16-5-3-4-6-16/h7-8,11,15-16H,3-6,9-10,12-13H2,1-2H3,(H,21,24)/t15-/m0/s1. The number of nitrogens with zero attached hydrogens (tertiary/aromatic N) is 1. The molecule has 0 aromatic heterocycles. The summed E-state index contributed by atoms with van der Waals surface area (Å²) in [6.07, 6.45) is 5.60. The van der Waals surface area contributed by atoms with Crippen molar-refractivity contribution in [3.63, 3.8) is 0 Å². The van der Waals surface area contributed by atoms with Crippen LogP contribution in [0.15, 0.2) is 18.2 Å². The van der Waals surface area contributed by atoms with E-state index < -0.39 is 0 Å². The highest BCUT2D eigenvalue weighted by Crippen LogP contribution is 2.30. The van der Waals surface area contributed by atoms with Crippen LogP contribution >= 0.6 is 0 Å². The third-order valence-electron chi connectivity index (χ3n) is 5.46. The quantitative estimate of drug-likeness (QED) is 0.809. The molecule has 0 radical (unpaired) electrons. The van der Waals surface area contributed by atoms with Gasteiger partial charge in [-0.25, -0.2) is 0 Å². The van der Waals surface area contributed by atoms with E-state index in [1.165, 1.54) is 12.8 Å². The summed E-state index contributed by atoms with van der Waals surface area (Å²) in [5.74, 6) is 1.28. The van der Waals surface area contributed by atoms with Crippen molar-refractivity contribution in [2.24, 2.45) is 5.92 Å². The second-order valence-corrected chi connectivity index (χ2v) is 7.12. The maximum atomic E-state index is 12.4. The third-order valence-corrected chi connectivity index (χ3v) is 5.46. The fourth-order valence-corrected chi connectivity index (χ4v) is 3.99. The molecule has 3 rings (SSSR count). The van der Waals surface area contributed by atoms with Crippen LogP contribution in [-0.2, 0) is 16.0 Å². The largest absolute Gasteiger partial charge is 0.493 e. The van der Waals surface area contributed by atoms with Gasteiger partial charge in [-0.3, -0.25) is 9.59 Å². The highest BCUT2D eigenvalue weighted by Gasteiger charge is 2.38. The molecule has 1 saturated heterocycles. The zero-order chi connectivity index (χ0) is 18.5. The number of nitrogens with one attached hydrogen (secondary N) is 1. The highest BCUT2D eigenvalue weighted by atomic mass is 16.5. The van der Waals surface area contributed by atoms with Crippen LogP contribution in [0, 0.1) is 5.92 Å². The number of carbonyl (C=O) groups is 2. The van der Waals surface area contributed by atoms with Gasteiger partial charge in [0.25, 0.3) is 0 Å². The molecule has 1 N–H and O–H groups in total. The summed E-state index contributed by atoms with van der Waals surface area (Å²) in [6, 6.07) is 6.11. The number of carbonyl (C=O) groups excluding carboxylic acids is 2. The van der Waals surface area contributed by atoms with Crippen LogP contribution in [0.3, 0.4) is 0 Å². The number of rotatable bonds is 7. The SMILES string of the molecule is COc1ccc(CCNC(=O)[C@H]2CC(=O)N(C3CCCC3)C2)cc1OC. The Morgan fingerprint density at radius 1 is 1.19 bits per heavy atom. The van der Waals surface area contributed by atoms with Crippen molar-refractivity contribution in [1.29, 1.82) is 0 Å². The third kappa shape index (κ3) is 4.11. The van der Waals surface area contributed by atoms with E-state index in [1.807, 2.05) is 23.1 Å². The van der Waals surface area contributed by atoms with Gasteiger partial charge in [-0.1, -0.05) is 18.9 Å². The van der Waals surface area contributed by atoms with E-state index in [0.29, 0.717) is 43.5 Å². The Balaban J connectivity index is 1.48. The number of likely N-dealkylation sites (tertiary alicyclic amines) is 1. The summed E-state index contributed by atoms with van der Waals surface area (Å²) in [6.45, 7) is 1.12. The molecule has 2 aliphatic rings. The molecule has 0 bridgehead atoms. The highest BCUT2D eigenvalue weighted by molar-refractivity contribution is 5.89. The maximum Gasteiger partial charge on any atom is 0.225 e. The lowest BCUT2D eigenvalue weighted by molar-refractivity contribution is -0.130. The van der Waals surface area contributed by atoms with Crippen LogP contribution in [0.1, 0.15) is 37.7 Å². The predicted molar refractivity (Wildman–Crippen MR) is 98.3 cm³/mol. The van der Waals surface area contributed by atoms with Gasteiger partial charge in [0.1, 0.15) is 0 Å². The van der Waals surface area contributed by atoms with Crippen molar-refractivity contribution in [3.05, 3.63) is 23.8 Å². The Hall–Kier alpha value is -2.24. The van der Waals surface area contributed by atoms with Gasteiger partial charge in [0.15, 0.2) is 11.5 Å². The summed E-state index contributed by atoms with van der Waals surface area (Å²) in [5, 5.41) is 2.98. The Labute approximate surface area is 154 Å². The second-order valence-electron chi connectivity index (χ2n) is 7.12. The average molecular weight is 360 g/mol. The van der Waals surface area contributed by atoms with Crippen LogP contribution in [-0.4, -0.2) is 50.1 Å². The molecule has 1 aliphatic heterocycles. The van der Waals surface area contributed by atoms with E-state index >= 15 is 0 Å². The predicted octanol–water partition coefficient (Wildman–Crippen LogP) is 2.15. The van der Waals surface area contributed by atoms with Gasteiger partial charge in [0.2, 0.25) is 11.8 Å². The van der Waals surface area contributed by atoms with Crippen molar-refractivity contribution >= 4 is 11.8 Å². The molecule has 1 heterocycles. The molecule has 1 aromatic carbocycles. The van der Waals surface area contributed by atoms with E-state index in [2.05, 4.69) is 5.32 Å². The molecule has 0 unspecified atom stereocenters. The van der Waals surface area contributed by atoms with Gasteiger partial charge >= 0.3 is 0 Å². The lowest BCUT2D eigenvalue weighted by atomic mass is 10.1. The normalized spacial score (nSPS) is 20.5. The van der Waals surface area contributed by atoms with Crippen molar-refractivity contribution in [2.45, 2.75) is 44.6 Å². The topological polar surface area (TPSA) is 67.9 Å². The minimum absolute atomic E-state index is 0.0145. The number of hydrogen-bond acceptors (Lipinski definition) is 4. The molecule has 0 spiro atoms. The first-order valence-electron chi connectivity index (χ1n) is 9.40. The first kappa shape index (κ1) is 18.5. The molecule has 142 valence electrons. The Morgan fingerprint density at radius 3 is 2.62 bits per heavy atom. The molecule has 1 saturated carbocycles. The first-order chi connectivity index (χ1) is 12.6. The fourth-order valence-electron chi connectivity index (χ4n) is 3.99. The van der Waals surface area contributed by atoms with E-state index in [1.54, 1.807) is 14.2 Å². The molecular formula is C20H28N2O4. The van der Waals surface area contributed by atoms with Gasteiger partial charge < -0.3 is 19.7 Å². The number of ether oxygens (including phenoxy) is 2. The second kappa shape index (κ2) is 8.43.